The number of hydrogen-bond donors (Lipinski definition) is 1. The molecule has 0 heterocycles. The predicted molar refractivity (Wildman–Crippen MR) is 78.2 cm³/mol. The Bertz CT molecular complexity index is 453. The normalized spacial score (nSPS) is 15.7. The van der Waals surface area contributed by atoms with Gasteiger partial charge in [-0.3, -0.25) is 4.79 Å². The van der Waals surface area contributed by atoms with E-state index in [1.54, 1.807) is 7.11 Å². The molecule has 1 aromatic carbocycles. The van der Waals surface area contributed by atoms with E-state index >= 15 is 0 Å². The SMILES string of the molecule is COc1cc(C)ccc1OCC(=O)NC1CCCCC1. The molecule has 0 atom stereocenters. The summed E-state index contributed by atoms with van der Waals surface area (Å²) in [6, 6.07) is 5.99. The highest BCUT2D eigenvalue weighted by atomic mass is 16.5. The van der Waals surface area contributed by atoms with E-state index in [9.17, 15) is 4.79 Å². The molecule has 1 aromatic rings. The van der Waals surface area contributed by atoms with E-state index in [1.165, 1.54) is 19.3 Å². The number of amides is 1. The van der Waals surface area contributed by atoms with Gasteiger partial charge >= 0.3 is 0 Å². The Balaban J connectivity index is 1.83. The first-order valence-electron chi connectivity index (χ1n) is 7.26. The van der Waals surface area contributed by atoms with Crippen LogP contribution in [0.4, 0.5) is 0 Å². The van der Waals surface area contributed by atoms with Crippen LogP contribution in [0.1, 0.15) is 37.7 Å². The summed E-state index contributed by atoms with van der Waals surface area (Å²) in [6.07, 6.45) is 5.86. The predicted octanol–water partition coefficient (Wildman–Crippen LogP) is 2.83. The first-order valence-corrected chi connectivity index (χ1v) is 7.26. The lowest BCUT2D eigenvalue weighted by molar-refractivity contribution is -0.124. The summed E-state index contributed by atoms with van der Waals surface area (Å²) in [5, 5.41) is 3.03. The van der Waals surface area contributed by atoms with E-state index in [0.29, 0.717) is 17.5 Å². The number of hydrogen-bond acceptors (Lipinski definition) is 3. The second-order valence-corrected chi connectivity index (χ2v) is 5.35. The monoisotopic (exact) mass is 277 g/mol. The van der Waals surface area contributed by atoms with Crippen molar-refractivity contribution in [1.29, 1.82) is 0 Å². The van der Waals surface area contributed by atoms with Gasteiger partial charge in [-0.05, 0) is 37.5 Å². The lowest BCUT2D eigenvalue weighted by Crippen LogP contribution is -2.39. The van der Waals surface area contributed by atoms with E-state index in [-0.39, 0.29) is 12.5 Å². The molecule has 1 saturated carbocycles. The topological polar surface area (TPSA) is 47.6 Å². The number of ether oxygens (including phenoxy) is 2. The van der Waals surface area contributed by atoms with Gasteiger partial charge in [-0.15, -0.1) is 0 Å². The molecule has 4 heteroatoms. The summed E-state index contributed by atoms with van der Waals surface area (Å²) >= 11 is 0. The van der Waals surface area contributed by atoms with Crippen molar-refractivity contribution < 1.29 is 14.3 Å². The molecule has 1 aliphatic rings. The molecular formula is C16H23NO3. The van der Waals surface area contributed by atoms with Crippen molar-refractivity contribution >= 4 is 5.91 Å². The number of methoxy groups -OCH3 is 1. The highest BCUT2D eigenvalue weighted by Gasteiger charge is 2.16. The van der Waals surface area contributed by atoms with Crippen LogP contribution < -0.4 is 14.8 Å². The molecule has 0 aromatic heterocycles. The molecule has 1 aliphatic carbocycles. The Morgan fingerprint density at radius 3 is 2.70 bits per heavy atom. The molecule has 0 saturated heterocycles. The van der Waals surface area contributed by atoms with E-state index in [1.807, 2.05) is 25.1 Å². The second-order valence-electron chi connectivity index (χ2n) is 5.35. The van der Waals surface area contributed by atoms with Gasteiger partial charge in [0.25, 0.3) is 5.91 Å². The maximum atomic E-state index is 11.9. The molecular weight excluding hydrogens is 254 g/mol. The minimum absolute atomic E-state index is 0.0376. The molecule has 0 unspecified atom stereocenters. The number of benzene rings is 1. The van der Waals surface area contributed by atoms with Gasteiger partial charge in [-0.2, -0.15) is 0 Å². The Labute approximate surface area is 120 Å². The summed E-state index contributed by atoms with van der Waals surface area (Å²) < 4.78 is 10.8. The summed E-state index contributed by atoms with van der Waals surface area (Å²) in [5.41, 5.74) is 1.10. The summed E-state index contributed by atoms with van der Waals surface area (Å²) in [7, 11) is 1.60. The van der Waals surface area contributed by atoms with Crippen LogP contribution in [0.15, 0.2) is 18.2 Å². The molecule has 0 aliphatic heterocycles. The number of carbonyl (C=O) groups excluding carboxylic acids is 1. The molecule has 1 fully saturated rings. The maximum absolute atomic E-state index is 11.9. The van der Waals surface area contributed by atoms with E-state index in [0.717, 1.165) is 18.4 Å². The summed E-state index contributed by atoms with van der Waals surface area (Å²) in [5.74, 6) is 1.21. The van der Waals surface area contributed by atoms with Crippen molar-refractivity contribution in [2.24, 2.45) is 0 Å². The van der Waals surface area contributed by atoms with Crippen LogP contribution in [0.3, 0.4) is 0 Å². The molecule has 20 heavy (non-hydrogen) atoms. The van der Waals surface area contributed by atoms with E-state index < -0.39 is 0 Å². The Hall–Kier alpha value is -1.71. The summed E-state index contributed by atoms with van der Waals surface area (Å²) in [6.45, 7) is 2.03. The lowest BCUT2D eigenvalue weighted by Gasteiger charge is -2.22. The zero-order chi connectivity index (χ0) is 14.4. The standard InChI is InChI=1S/C16H23NO3/c1-12-8-9-14(15(10-12)19-2)20-11-16(18)17-13-6-4-3-5-7-13/h8-10,13H,3-7,11H2,1-2H3,(H,17,18). The molecule has 4 nitrogen and oxygen atoms in total. The van der Waals surface area contributed by atoms with Crippen molar-refractivity contribution in [1.82, 2.24) is 5.32 Å². The highest BCUT2D eigenvalue weighted by Crippen LogP contribution is 2.27. The minimum Gasteiger partial charge on any atom is -0.493 e. The van der Waals surface area contributed by atoms with Gasteiger partial charge in [0.15, 0.2) is 18.1 Å². The Kier molecular flexibility index (Phi) is 5.27. The zero-order valence-corrected chi connectivity index (χ0v) is 12.3. The molecule has 0 spiro atoms. The van der Waals surface area contributed by atoms with Crippen molar-refractivity contribution in [2.75, 3.05) is 13.7 Å². The molecule has 2 rings (SSSR count). The van der Waals surface area contributed by atoms with Crippen molar-refractivity contribution in [2.45, 2.75) is 45.1 Å². The number of aryl methyl sites for hydroxylation is 1. The lowest BCUT2D eigenvalue weighted by atomic mass is 9.95. The summed E-state index contributed by atoms with van der Waals surface area (Å²) in [4.78, 5) is 11.9. The van der Waals surface area contributed by atoms with Crippen LogP contribution in [0.25, 0.3) is 0 Å². The van der Waals surface area contributed by atoms with Crippen molar-refractivity contribution in [3.05, 3.63) is 23.8 Å². The van der Waals surface area contributed by atoms with Crippen LogP contribution in [0.5, 0.6) is 11.5 Å². The third-order valence-electron chi connectivity index (χ3n) is 3.65. The zero-order valence-electron chi connectivity index (χ0n) is 12.3. The molecule has 1 N–H and O–H groups in total. The van der Waals surface area contributed by atoms with E-state index in [2.05, 4.69) is 5.32 Å². The largest absolute Gasteiger partial charge is 0.493 e. The Morgan fingerprint density at radius 1 is 1.25 bits per heavy atom. The first kappa shape index (κ1) is 14.7. The van der Waals surface area contributed by atoms with Crippen LogP contribution in [-0.2, 0) is 4.79 Å². The van der Waals surface area contributed by atoms with Crippen molar-refractivity contribution in [3.63, 3.8) is 0 Å². The third-order valence-corrected chi connectivity index (χ3v) is 3.65. The fraction of sp³-hybridized carbons (Fsp3) is 0.562. The molecule has 110 valence electrons. The molecule has 1 amide bonds. The number of carbonyl (C=O) groups is 1. The van der Waals surface area contributed by atoms with Crippen LogP contribution in [0, 0.1) is 6.92 Å². The average molecular weight is 277 g/mol. The van der Waals surface area contributed by atoms with E-state index in [4.69, 9.17) is 9.47 Å². The van der Waals surface area contributed by atoms with Gasteiger partial charge in [-0.25, -0.2) is 0 Å². The fourth-order valence-corrected chi connectivity index (χ4v) is 2.55. The van der Waals surface area contributed by atoms with Crippen LogP contribution >= 0.6 is 0 Å². The third kappa shape index (κ3) is 4.15. The minimum atomic E-state index is -0.0560. The van der Waals surface area contributed by atoms with Gasteiger partial charge in [-0.1, -0.05) is 25.3 Å². The quantitative estimate of drug-likeness (QED) is 0.900. The van der Waals surface area contributed by atoms with Gasteiger partial charge in [0.2, 0.25) is 0 Å². The highest BCUT2D eigenvalue weighted by molar-refractivity contribution is 5.77. The van der Waals surface area contributed by atoms with Crippen LogP contribution in [-0.4, -0.2) is 25.7 Å². The average Bonchev–Trinajstić information content (AvgIpc) is 2.47. The van der Waals surface area contributed by atoms with Gasteiger partial charge in [0, 0.05) is 6.04 Å². The smallest absolute Gasteiger partial charge is 0.258 e. The van der Waals surface area contributed by atoms with Crippen molar-refractivity contribution in [3.8, 4) is 11.5 Å². The van der Waals surface area contributed by atoms with Gasteiger partial charge < -0.3 is 14.8 Å². The van der Waals surface area contributed by atoms with Gasteiger partial charge in [0.1, 0.15) is 0 Å². The first-order chi connectivity index (χ1) is 9.69. The molecule has 0 bridgehead atoms. The number of nitrogens with one attached hydrogen (secondary N) is 1. The van der Waals surface area contributed by atoms with Gasteiger partial charge in [0.05, 0.1) is 7.11 Å². The molecule has 0 radical (unpaired) electrons. The Morgan fingerprint density at radius 2 is 2.00 bits per heavy atom. The second kappa shape index (κ2) is 7.17. The maximum Gasteiger partial charge on any atom is 0.258 e. The van der Waals surface area contributed by atoms with Crippen LogP contribution in [0.2, 0.25) is 0 Å². The number of rotatable bonds is 5. The fourth-order valence-electron chi connectivity index (χ4n) is 2.55.